The van der Waals surface area contributed by atoms with Crippen LogP contribution in [0, 0.1) is 0 Å². The third-order valence-corrected chi connectivity index (χ3v) is 3.83. The number of hydrogen-bond donors (Lipinski definition) is 1. The van der Waals surface area contributed by atoms with Crippen LogP contribution in [0.1, 0.15) is 25.3 Å². The van der Waals surface area contributed by atoms with Gasteiger partial charge in [-0.25, -0.2) is 4.79 Å². The predicted octanol–water partition coefficient (Wildman–Crippen LogP) is 3.75. The second kappa shape index (κ2) is 7.74. The largest absolute Gasteiger partial charge is 0.493 e. The Kier molecular flexibility index (Phi) is 5.93. The summed E-state index contributed by atoms with van der Waals surface area (Å²) in [5, 5.41) is 2.51. The third kappa shape index (κ3) is 4.53. The Labute approximate surface area is 138 Å². The average molecular weight is 346 g/mol. The summed E-state index contributed by atoms with van der Waals surface area (Å²) in [5.41, 5.74) is -0.828. The van der Waals surface area contributed by atoms with Crippen molar-refractivity contribution in [3.63, 3.8) is 0 Å². The summed E-state index contributed by atoms with van der Waals surface area (Å²) in [4.78, 5) is 13.8. The number of carbonyl (C=O) groups excluding carboxylic acids is 1. The average Bonchev–Trinajstić information content (AvgIpc) is 2.55. The number of carbonyl (C=O) groups is 1. The molecule has 0 aromatic heterocycles. The van der Waals surface area contributed by atoms with Crippen molar-refractivity contribution in [3.05, 3.63) is 23.8 Å². The van der Waals surface area contributed by atoms with Crippen LogP contribution in [0.25, 0.3) is 0 Å². The highest BCUT2D eigenvalue weighted by molar-refractivity contribution is 5.89. The molecule has 1 atom stereocenters. The van der Waals surface area contributed by atoms with Gasteiger partial charge in [-0.1, -0.05) is 0 Å². The van der Waals surface area contributed by atoms with Crippen molar-refractivity contribution < 1.29 is 27.4 Å². The molecule has 5 nitrogen and oxygen atoms in total. The summed E-state index contributed by atoms with van der Waals surface area (Å²) in [6, 6.07) is 3.07. The van der Waals surface area contributed by atoms with Gasteiger partial charge in [0.05, 0.1) is 18.3 Å². The smallest absolute Gasteiger partial charge is 0.420 e. The molecular formula is C16H21F3N2O3. The number of piperidine rings is 1. The monoisotopic (exact) mass is 346 g/mol. The van der Waals surface area contributed by atoms with Gasteiger partial charge in [0.1, 0.15) is 5.75 Å². The minimum atomic E-state index is -4.56. The Hall–Kier alpha value is -1.96. The molecule has 0 spiro atoms. The van der Waals surface area contributed by atoms with E-state index in [1.165, 1.54) is 12.1 Å². The molecule has 1 aliphatic rings. The van der Waals surface area contributed by atoms with Crippen molar-refractivity contribution in [1.82, 2.24) is 4.90 Å². The normalized spacial score (nSPS) is 18.4. The van der Waals surface area contributed by atoms with Gasteiger partial charge < -0.3 is 19.7 Å². The fourth-order valence-electron chi connectivity index (χ4n) is 2.63. The Balaban J connectivity index is 2.13. The lowest BCUT2D eigenvalue weighted by Gasteiger charge is -2.32. The zero-order valence-corrected chi connectivity index (χ0v) is 13.7. The van der Waals surface area contributed by atoms with Crippen molar-refractivity contribution in [3.8, 4) is 5.75 Å². The van der Waals surface area contributed by atoms with Crippen LogP contribution in [-0.4, -0.2) is 43.8 Å². The minimum absolute atomic E-state index is 0.0458. The Morgan fingerprint density at radius 1 is 1.42 bits per heavy atom. The van der Waals surface area contributed by atoms with E-state index in [1.807, 2.05) is 0 Å². The number of benzene rings is 1. The van der Waals surface area contributed by atoms with Crippen molar-refractivity contribution in [2.24, 2.45) is 0 Å². The molecule has 1 aliphatic heterocycles. The van der Waals surface area contributed by atoms with Gasteiger partial charge in [0, 0.05) is 25.9 Å². The lowest BCUT2D eigenvalue weighted by Crippen LogP contribution is -2.44. The molecule has 1 fully saturated rings. The molecule has 0 bridgehead atoms. The van der Waals surface area contributed by atoms with Crippen LogP contribution in [0.15, 0.2) is 18.2 Å². The van der Waals surface area contributed by atoms with Gasteiger partial charge >= 0.3 is 12.2 Å². The van der Waals surface area contributed by atoms with E-state index in [0.717, 1.165) is 18.9 Å². The molecule has 2 amide bonds. The molecule has 0 saturated carbocycles. The highest BCUT2D eigenvalue weighted by atomic mass is 19.4. The molecule has 1 N–H and O–H groups in total. The van der Waals surface area contributed by atoms with Crippen LogP contribution in [0.3, 0.4) is 0 Å². The number of hydrogen-bond acceptors (Lipinski definition) is 3. The molecule has 1 aromatic rings. The summed E-state index contributed by atoms with van der Waals surface area (Å²) in [6.07, 6.45) is -2.95. The second-order valence-corrected chi connectivity index (χ2v) is 5.52. The van der Waals surface area contributed by atoms with Gasteiger partial charge in [-0.05, 0) is 38.0 Å². The maximum Gasteiger partial charge on any atom is 0.420 e. The number of likely N-dealkylation sites (tertiary alicyclic amines) is 1. The molecule has 134 valence electrons. The predicted molar refractivity (Wildman–Crippen MR) is 83.2 cm³/mol. The van der Waals surface area contributed by atoms with Crippen molar-refractivity contribution in [1.29, 1.82) is 0 Å². The third-order valence-electron chi connectivity index (χ3n) is 3.83. The molecule has 1 saturated heterocycles. The second-order valence-electron chi connectivity index (χ2n) is 5.52. The van der Waals surface area contributed by atoms with Crippen LogP contribution < -0.4 is 10.1 Å². The first-order chi connectivity index (χ1) is 11.3. The lowest BCUT2D eigenvalue weighted by molar-refractivity contribution is -0.138. The molecular weight excluding hydrogens is 325 g/mol. The van der Waals surface area contributed by atoms with Gasteiger partial charge in [0.15, 0.2) is 0 Å². The number of nitrogens with one attached hydrogen (secondary N) is 1. The van der Waals surface area contributed by atoms with Crippen molar-refractivity contribution in [2.45, 2.75) is 32.0 Å². The molecule has 8 heteroatoms. The molecule has 1 aromatic carbocycles. The molecule has 1 heterocycles. The zero-order valence-electron chi connectivity index (χ0n) is 13.7. The topological polar surface area (TPSA) is 50.8 Å². The van der Waals surface area contributed by atoms with E-state index >= 15 is 0 Å². The number of nitrogens with zero attached hydrogens (tertiary/aromatic N) is 1. The molecule has 0 radical (unpaired) electrons. The quantitative estimate of drug-likeness (QED) is 0.903. The summed E-state index contributed by atoms with van der Waals surface area (Å²) in [7, 11) is 1.58. The first kappa shape index (κ1) is 18.4. The zero-order chi connectivity index (χ0) is 17.7. The van der Waals surface area contributed by atoms with Crippen molar-refractivity contribution >= 4 is 11.7 Å². The molecule has 2 rings (SSSR count). The number of alkyl halides is 3. The number of ether oxygens (including phenoxy) is 2. The fraction of sp³-hybridized carbons (Fsp3) is 0.562. The van der Waals surface area contributed by atoms with Crippen LogP contribution in [0.2, 0.25) is 0 Å². The van der Waals surface area contributed by atoms with Crippen LogP contribution in [-0.2, 0) is 10.9 Å². The summed E-state index contributed by atoms with van der Waals surface area (Å²) >= 11 is 0. The first-order valence-corrected chi connectivity index (χ1v) is 7.78. The molecule has 0 aliphatic carbocycles. The summed E-state index contributed by atoms with van der Waals surface area (Å²) in [6.45, 7) is 2.71. The Morgan fingerprint density at radius 3 is 2.79 bits per heavy atom. The summed E-state index contributed by atoms with van der Waals surface area (Å²) in [5.74, 6) is -0.250. The molecule has 0 unspecified atom stereocenters. The van der Waals surface area contributed by atoms with Crippen molar-refractivity contribution in [2.75, 3.05) is 32.1 Å². The number of urea groups is 1. The van der Waals surface area contributed by atoms with Gasteiger partial charge in [-0.2, -0.15) is 13.2 Å². The number of methoxy groups -OCH3 is 1. The SMILES string of the molecule is CCOc1ccc(NC(=O)N2CCC[C@H](OC)C2)cc1C(F)(F)F. The standard InChI is InChI=1S/C16H21F3N2O3/c1-3-24-14-7-6-11(9-13(14)16(17,18)19)20-15(22)21-8-4-5-12(10-21)23-2/h6-7,9,12H,3-5,8,10H2,1-2H3,(H,20,22)/t12-/m0/s1. The van der Waals surface area contributed by atoms with Crippen LogP contribution >= 0.6 is 0 Å². The van der Waals surface area contributed by atoms with E-state index in [2.05, 4.69) is 5.32 Å². The number of halogens is 3. The van der Waals surface area contributed by atoms with E-state index in [4.69, 9.17) is 9.47 Å². The lowest BCUT2D eigenvalue weighted by atomic mass is 10.1. The van der Waals surface area contributed by atoms with E-state index in [1.54, 1.807) is 18.9 Å². The highest BCUT2D eigenvalue weighted by Crippen LogP contribution is 2.38. The van der Waals surface area contributed by atoms with Gasteiger partial charge in [-0.3, -0.25) is 0 Å². The van der Waals surface area contributed by atoms with Crippen LogP contribution in [0.4, 0.5) is 23.7 Å². The van der Waals surface area contributed by atoms with E-state index in [-0.39, 0.29) is 24.1 Å². The van der Waals surface area contributed by atoms with E-state index in [0.29, 0.717) is 13.1 Å². The van der Waals surface area contributed by atoms with E-state index < -0.39 is 17.8 Å². The van der Waals surface area contributed by atoms with Gasteiger partial charge in [-0.15, -0.1) is 0 Å². The van der Waals surface area contributed by atoms with E-state index in [9.17, 15) is 18.0 Å². The number of anilines is 1. The Bertz CT molecular complexity index is 578. The highest BCUT2D eigenvalue weighted by Gasteiger charge is 2.35. The molecule has 24 heavy (non-hydrogen) atoms. The number of amides is 2. The maximum atomic E-state index is 13.1. The first-order valence-electron chi connectivity index (χ1n) is 7.78. The maximum absolute atomic E-state index is 13.1. The Morgan fingerprint density at radius 2 is 2.17 bits per heavy atom. The van der Waals surface area contributed by atoms with Gasteiger partial charge in [0.2, 0.25) is 0 Å². The number of rotatable bonds is 4. The summed E-state index contributed by atoms with van der Waals surface area (Å²) < 4.78 is 49.6. The minimum Gasteiger partial charge on any atom is -0.493 e. The van der Waals surface area contributed by atoms with Crippen LogP contribution in [0.5, 0.6) is 5.75 Å². The van der Waals surface area contributed by atoms with Gasteiger partial charge in [0.25, 0.3) is 0 Å². The fourth-order valence-corrected chi connectivity index (χ4v) is 2.63.